The summed E-state index contributed by atoms with van der Waals surface area (Å²) in [5.74, 6) is 0.339. The fourth-order valence-electron chi connectivity index (χ4n) is 4.18. The van der Waals surface area contributed by atoms with Gasteiger partial charge in [-0.2, -0.15) is 0 Å². The fourth-order valence-corrected chi connectivity index (χ4v) is 4.18. The number of anilines is 2. The maximum absolute atomic E-state index is 13.8. The topological polar surface area (TPSA) is 84.4 Å². The second kappa shape index (κ2) is 12.1. The third-order valence-corrected chi connectivity index (χ3v) is 6.50. The summed E-state index contributed by atoms with van der Waals surface area (Å²) in [7, 11) is 1.72. The van der Waals surface area contributed by atoms with E-state index in [1.54, 1.807) is 23.7 Å². The SMILES string of the molecule is C=C(O)c1cc(C)ccc1N.CC.CCc1cc(F)cc2c(=O)n(C)c(N3CCC(C)(C)CC3)nc12. The Morgan fingerprint density at radius 3 is 2.33 bits per heavy atom. The van der Waals surface area contributed by atoms with Crippen LogP contribution in [0.1, 0.15) is 64.2 Å². The van der Waals surface area contributed by atoms with Gasteiger partial charge in [0.1, 0.15) is 11.6 Å². The van der Waals surface area contributed by atoms with Gasteiger partial charge in [-0.25, -0.2) is 9.37 Å². The molecular weight excluding hydrogens is 455 g/mol. The molecule has 2 heterocycles. The molecule has 3 aromatic rings. The van der Waals surface area contributed by atoms with E-state index < -0.39 is 0 Å². The first-order valence-corrected chi connectivity index (χ1v) is 12.6. The second-order valence-corrected chi connectivity index (χ2v) is 9.78. The molecule has 0 saturated carbocycles. The van der Waals surface area contributed by atoms with Crippen molar-refractivity contribution in [3.05, 3.63) is 69.8 Å². The number of nitrogens with zero attached hydrogens (tertiary/aromatic N) is 3. The predicted octanol–water partition coefficient (Wildman–Crippen LogP) is 6.39. The molecule has 1 aliphatic heterocycles. The Morgan fingerprint density at radius 1 is 1.19 bits per heavy atom. The van der Waals surface area contributed by atoms with Gasteiger partial charge in [0.05, 0.1) is 10.9 Å². The van der Waals surface area contributed by atoms with E-state index >= 15 is 0 Å². The molecule has 0 radical (unpaired) electrons. The number of aryl methyl sites for hydroxylation is 2. The third-order valence-electron chi connectivity index (χ3n) is 6.50. The number of aliphatic hydroxyl groups excluding tert-OH is 1. The molecule has 0 amide bonds. The summed E-state index contributed by atoms with van der Waals surface area (Å²) >= 11 is 0. The number of rotatable bonds is 3. The largest absolute Gasteiger partial charge is 0.508 e. The third kappa shape index (κ3) is 6.65. The number of aliphatic hydroxyl groups is 1. The minimum absolute atomic E-state index is 0.0196. The van der Waals surface area contributed by atoms with Gasteiger partial charge in [-0.3, -0.25) is 9.36 Å². The number of piperidine rings is 1. The van der Waals surface area contributed by atoms with Crippen LogP contribution in [-0.2, 0) is 13.5 Å². The highest BCUT2D eigenvalue weighted by atomic mass is 19.1. The van der Waals surface area contributed by atoms with Crippen LogP contribution in [0.25, 0.3) is 16.7 Å². The first kappa shape index (κ1) is 28.9. The van der Waals surface area contributed by atoms with Gasteiger partial charge in [-0.15, -0.1) is 0 Å². The molecule has 1 saturated heterocycles. The summed E-state index contributed by atoms with van der Waals surface area (Å²) in [6, 6.07) is 8.23. The molecular formula is C29H41FN4O2. The lowest BCUT2D eigenvalue weighted by atomic mass is 9.83. The molecule has 1 aromatic heterocycles. The van der Waals surface area contributed by atoms with Crippen molar-refractivity contribution < 1.29 is 9.50 Å². The van der Waals surface area contributed by atoms with Crippen LogP contribution < -0.4 is 16.2 Å². The highest BCUT2D eigenvalue weighted by Gasteiger charge is 2.27. The van der Waals surface area contributed by atoms with E-state index in [1.165, 1.54) is 12.1 Å². The minimum Gasteiger partial charge on any atom is -0.508 e. The Hall–Kier alpha value is -3.35. The van der Waals surface area contributed by atoms with Gasteiger partial charge >= 0.3 is 0 Å². The van der Waals surface area contributed by atoms with Crippen molar-refractivity contribution in [2.24, 2.45) is 12.5 Å². The summed E-state index contributed by atoms with van der Waals surface area (Å²) in [4.78, 5) is 19.6. The number of fused-ring (bicyclic) bond motifs is 1. The van der Waals surface area contributed by atoms with Gasteiger partial charge in [-0.05, 0) is 61.4 Å². The first-order valence-electron chi connectivity index (χ1n) is 12.6. The van der Waals surface area contributed by atoms with Crippen LogP contribution in [0.3, 0.4) is 0 Å². The van der Waals surface area contributed by atoms with Gasteiger partial charge in [0, 0.05) is 31.4 Å². The van der Waals surface area contributed by atoms with Crippen LogP contribution in [0.4, 0.5) is 16.0 Å². The van der Waals surface area contributed by atoms with Crippen LogP contribution >= 0.6 is 0 Å². The fraction of sp³-hybridized carbons (Fsp3) is 0.448. The molecule has 0 spiro atoms. The lowest BCUT2D eigenvalue weighted by molar-refractivity contribution is 0.277. The van der Waals surface area contributed by atoms with Gasteiger partial charge in [0.2, 0.25) is 5.95 Å². The van der Waals surface area contributed by atoms with Crippen molar-refractivity contribution in [1.29, 1.82) is 0 Å². The first-order chi connectivity index (χ1) is 16.9. The van der Waals surface area contributed by atoms with Crippen molar-refractivity contribution in [3.8, 4) is 0 Å². The van der Waals surface area contributed by atoms with Crippen LogP contribution in [-0.4, -0.2) is 27.7 Å². The normalized spacial score (nSPS) is 14.4. The second-order valence-electron chi connectivity index (χ2n) is 9.78. The summed E-state index contributed by atoms with van der Waals surface area (Å²) in [6.45, 7) is 17.6. The molecule has 0 unspecified atom stereocenters. The number of hydrogen-bond acceptors (Lipinski definition) is 5. The number of nitrogen functional groups attached to an aromatic ring is 1. The highest BCUT2D eigenvalue weighted by Crippen LogP contribution is 2.31. The van der Waals surface area contributed by atoms with Crippen molar-refractivity contribution in [1.82, 2.24) is 9.55 Å². The smallest absolute Gasteiger partial charge is 0.262 e. The van der Waals surface area contributed by atoms with E-state index in [0.717, 1.165) is 37.1 Å². The van der Waals surface area contributed by atoms with E-state index in [4.69, 9.17) is 15.8 Å². The summed E-state index contributed by atoms with van der Waals surface area (Å²) < 4.78 is 15.3. The molecule has 0 aliphatic carbocycles. The Labute approximate surface area is 214 Å². The number of aromatic nitrogens is 2. The zero-order valence-corrected chi connectivity index (χ0v) is 22.8. The van der Waals surface area contributed by atoms with E-state index in [0.29, 0.717) is 39.9 Å². The zero-order valence-electron chi connectivity index (χ0n) is 22.8. The predicted molar refractivity (Wildman–Crippen MR) is 150 cm³/mol. The van der Waals surface area contributed by atoms with E-state index in [2.05, 4.69) is 25.3 Å². The Kier molecular flexibility index (Phi) is 9.68. The summed E-state index contributed by atoms with van der Waals surface area (Å²) in [6.07, 6.45) is 2.80. The van der Waals surface area contributed by atoms with Gasteiger partial charge in [0.25, 0.3) is 5.56 Å². The minimum atomic E-state index is -0.374. The molecule has 7 heteroatoms. The van der Waals surface area contributed by atoms with E-state index in [-0.39, 0.29) is 17.1 Å². The van der Waals surface area contributed by atoms with Crippen LogP contribution in [0.15, 0.2) is 41.7 Å². The molecule has 3 N–H and O–H groups in total. The Balaban J connectivity index is 0.000000295. The molecule has 6 nitrogen and oxygen atoms in total. The molecule has 36 heavy (non-hydrogen) atoms. The molecule has 1 fully saturated rings. The molecule has 4 rings (SSSR count). The van der Waals surface area contributed by atoms with Crippen LogP contribution in [0.5, 0.6) is 0 Å². The number of nitrogens with two attached hydrogens (primary N) is 1. The maximum atomic E-state index is 13.8. The van der Waals surface area contributed by atoms with Crippen molar-refractivity contribution in [2.75, 3.05) is 23.7 Å². The monoisotopic (exact) mass is 496 g/mol. The lowest BCUT2D eigenvalue weighted by Crippen LogP contribution is -2.40. The number of benzene rings is 2. The average molecular weight is 497 g/mol. The molecule has 2 aromatic carbocycles. The summed E-state index contributed by atoms with van der Waals surface area (Å²) in [5.41, 5.74) is 9.39. The number of hydrogen-bond donors (Lipinski definition) is 2. The van der Waals surface area contributed by atoms with Gasteiger partial charge < -0.3 is 15.7 Å². The van der Waals surface area contributed by atoms with Crippen molar-refractivity contribution >= 4 is 28.3 Å². The van der Waals surface area contributed by atoms with Gasteiger partial charge in [-0.1, -0.05) is 52.8 Å². The standard InChI is InChI=1S/C18H24FN3O.C9H11NO.C2H6/c1-5-12-10-13(19)11-14-15(12)20-17(21(4)16(14)23)22-8-6-18(2,3)7-9-22;1-6-3-4-9(10)8(5-6)7(2)11;1-2/h10-11H,5-9H2,1-4H3;3-5,11H,2,10H2,1H3;1-2H3. The van der Waals surface area contributed by atoms with E-state index in [1.807, 2.05) is 33.8 Å². The Bertz CT molecular complexity index is 1270. The van der Waals surface area contributed by atoms with Gasteiger partial charge in [0.15, 0.2) is 0 Å². The molecule has 196 valence electrons. The number of halogens is 1. The summed E-state index contributed by atoms with van der Waals surface area (Å²) in [5, 5.41) is 9.42. The molecule has 0 atom stereocenters. The highest BCUT2D eigenvalue weighted by molar-refractivity contribution is 5.82. The quantitative estimate of drug-likeness (QED) is 0.324. The van der Waals surface area contributed by atoms with Crippen molar-refractivity contribution in [2.45, 2.75) is 60.8 Å². The van der Waals surface area contributed by atoms with E-state index in [9.17, 15) is 9.18 Å². The molecule has 1 aliphatic rings. The lowest BCUT2D eigenvalue weighted by Gasteiger charge is -2.37. The zero-order chi connectivity index (χ0) is 27.2. The maximum Gasteiger partial charge on any atom is 0.262 e. The Morgan fingerprint density at radius 2 is 1.81 bits per heavy atom. The van der Waals surface area contributed by atoms with Crippen LogP contribution in [0.2, 0.25) is 0 Å². The molecule has 0 bridgehead atoms. The van der Waals surface area contributed by atoms with Crippen LogP contribution in [0, 0.1) is 18.2 Å². The average Bonchev–Trinajstić information content (AvgIpc) is 2.84. The van der Waals surface area contributed by atoms with Crippen molar-refractivity contribution in [3.63, 3.8) is 0 Å².